The quantitative estimate of drug-likeness (QED) is 0.596. The van der Waals surface area contributed by atoms with Crippen LogP contribution < -0.4 is 0 Å². The first-order chi connectivity index (χ1) is 8.60. The molecule has 1 aromatic carbocycles. The van der Waals surface area contributed by atoms with Crippen LogP contribution in [0.4, 0.5) is 26.3 Å². The van der Waals surface area contributed by atoms with Gasteiger partial charge in [0.25, 0.3) is 6.17 Å². The Morgan fingerprint density at radius 1 is 1.11 bits per heavy atom. The predicted octanol–water partition coefficient (Wildman–Crippen LogP) is 4.27. The van der Waals surface area contributed by atoms with Crippen LogP contribution in [0.2, 0.25) is 0 Å². The topological polar surface area (TPSA) is 17.1 Å². The number of hydrogen-bond acceptors (Lipinski definition) is 1. The lowest BCUT2D eigenvalue weighted by Crippen LogP contribution is -2.39. The Hall–Kier alpha value is -1.53. The summed E-state index contributed by atoms with van der Waals surface area (Å²) in [4.78, 5) is 11.2. The summed E-state index contributed by atoms with van der Waals surface area (Å²) in [5.41, 5.74) is -1.03. The van der Waals surface area contributed by atoms with E-state index in [0.717, 1.165) is 12.1 Å². The molecule has 0 fully saturated rings. The van der Waals surface area contributed by atoms with Crippen molar-refractivity contribution in [1.29, 1.82) is 0 Å². The van der Waals surface area contributed by atoms with Gasteiger partial charge in [-0.05, 0) is 0 Å². The van der Waals surface area contributed by atoms with Crippen molar-refractivity contribution in [3.05, 3.63) is 35.4 Å². The summed E-state index contributed by atoms with van der Waals surface area (Å²) in [5, 5.41) is 0. The van der Waals surface area contributed by atoms with Crippen LogP contribution in [0.5, 0.6) is 0 Å². The second kappa shape index (κ2) is 5.22. The van der Waals surface area contributed by atoms with Gasteiger partial charge >= 0.3 is 12.1 Å². The smallest absolute Gasteiger partial charge is 0.294 e. The zero-order valence-corrected chi connectivity index (χ0v) is 9.77. The highest BCUT2D eigenvalue weighted by atomic mass is 19.4. The van der Waals surface area contributed by atoms with Crippen LogP contribution in [0, 0.1) is 0 Å². The molecule has 0 heterocycles. The second-order valence-electron chi connectivity index (χ2n) is 3.88. The highest BCUT2D eigenvalue weighted by molar-refractivity contribution is 5.95. The zero-order chi connectivity index (χ0) is 14.8. The van der Waals surface area contributed by atoms with E-state index in [9.17, 15) is 31.1 Å². The molecule has 0 aromatic heterocycles. The molecule has 7 heteroatoms. The summed E-state index contributed by atoms with van der Waals surface area (Å²) < 4.78 is 75.3. The number of rotatable bonds is 4. The molecule has 1 rings (SSSR count). The number of hydrogen-bond donors (Lipinski definition) is 0. The molecule has 0 bridgehead atoms. The summed E-state index contributed by atoms with van der Waals surface area (Å²) in [6.07, 6.45) is -9.81. The van der Waals surface area contributed by atoms with Crippen LogP contribution in [-0.2, 0) is 5.92 Å². The molecule has 0 N–H and O–H groups in total. The molecule has 0 amide bonds. The Morgan fingerprint density at radius 2 is 1.58 bits per heavy atom. The molecule has 106 valence electrons. The molecule has 0 saturated heterocycles. The molecule has 0 radical (unpaired) electrons. The molecule has 19 heavy (non-hydrogen) atoms. The van der Waals surface area contributed by atoms with Crippen LogP contribution in [0.3, 0.4) is 0 Å². The van der Waals surface area contributed by atoms with Gasteiger partial charge in [-0.25, -0.2) is 4.39 Å². The van der Waals surface area contributed by atoms with Crippen LogP contribution >= 0.6 is 0 Å². The molecule has 0 aliphatic heterocycles. The van der Waals surface area contributed by atoms with E-state index in [1.165, 1.54) is 0 Å². The van der Waals surface area contributed by atoms with Crippen molar-refractivity contribution in [2.24, 2.45) is 0 Å². The Bertz CT molecular complexity index is 448. The largest absolute Gasteiger partial charge is 0.426 e. The third-order valence-electron chi connectivity index (χ3n) is 2.52. The van der Waals surface area contributed by atoms with E-state index in [1.54, 1.807) is 6.92 Å². The van der Waals surface area contributed by atoms with Crippen molar-refractivity contribution in [1.82, 2.24) is 0 Å². The van der Waals surface area contributed by atoms with E-state index in [-0.39, 0.29) is 17.8 Å². The fraction of sp³-hybridized carbons (Fsp3) is 0.417. The van der Waals surface area contributed by atoms with E-state index >= 15 is 0 Å². The minimum atomic E-state index is -5.65. The lowest BCUT2D eigenvalue weighted by Gasteiger charge is -2.23. The maximum atomic E-state index is 13.3. The van der Waals surface area contributed by atoms with Gasteiger partial charge in [0, 0.05) is 17.5 Å². The first kappa shape index (κ1) is 15.5. The minimum Gasteiger partial charge on any atom is -0.294 e. The molecule has 0 spiro atoms. The summed E-state index contributed by atoms with van der Waals surface area (Å²) in [6, 6.07) is 3.17. The van der Waals surface area contributed by atoms with Crippen molar-refractivity contribution in [2.45, 2.75) is 31.6 Å². The fourth-order valence-electron chi connectivity index (χ4n) is 1.43. The first-order valence-electron chi connectivity index (χ1n) is 5.33. The second-order valence-corrected chi connectivity index (χ2v) is 3.88. The molecule has 0 aliphatic rings. The van der Waals surface area contributed by atoms with E-state index in [1.807, 2.05) is 0 Å². The SMILES string of the molecule is CCC(=O)c1ccc(C(F)(F)C(F)C(F)(F)F)cc1. The molecule has 1 aromatic rings. The van der Waals surface area contributed by atoms with Crippen molar-refractivity contribution >= 4 is 5.78 Å². The van der Waals surface area contributed by atoms with E-state index in [4.69, 9.17) is 0 Å². The normalized spacial score (nSPS) is 14.3. The van der Waals surface area contributed by atoms with Crippen molar-refractivity contribution in [3.8, 4) is 0 Å². The van der Waals surface area contributed by atoms with E-state index in [2.05, 4.69) is 0 Å². The summed E-state index contributed by atoms with van der Waals surface area (Å²) in [6.45, 7) is 1.55. The zero-order valence-electron chi connectivity index (χ0n) is 9.77. The van der Waals surface area contributed by atoms with Gasteiger partial charge in [-0.1, -0.05) is 31.2 Å². The van der Waals surface area contributed by atoms with Crippen LogP contribution in [-0.4, -0.2) is 18.1 Å². The van der Waals surface area contributed by atoms with Crippen LogP contribution in [0.1, 0.15) is 29.3 Å². The molecule has 0 aliphatic carbocycles. The maximum absolute atomic E-state index is 13.3. The van der Waals surface area contributed by atoms with Crippen molar-refractivity contribution in [3.63, 3.8) is 0 Å². The first-order valence-corrected chi connectivity index (χ1v) is 5.33. The third-order valence-corrected chi connectivity index (χ3v) is 2.52. The molecular formula is C12H10F6O. The number of carbonyl (C=O) groups is 1. The number of ketones is 1. The monoisotopic (exact) mass is 284 g/mol. The molecule has 1 atom stereocenters. The third kappa shape index (κ3) is 3.27. The summed E-state index contributed by atoms with van der Waals surface area (Å²) >= 11 is 0. The Kier molecular flexibility index (Phi) is 4.27. The predicted molar refractivity (Wildman–Crippen MR) is 55.9 cm³/mol. The van der Waals surface area contributed by atoms with E-state index < -0.39 is 23.8 Å². The van der Waals surface area contributed by atoms with Gasteiger partial charge in [-0.15, -0.1) is 0 Å². The number of benzene rings is 1. The number of carbonyl (C=O) groups excluding carboxylic acids is 1. The van der Waals surface area contributed by atoms with Crippen LogP contribution in [0.15, 0.2) is 24.3 Å². The molecular weight excluding hydrogens is 274 g/mol. The molecule has 1 unspecified atom stereocenters. The van der Waals surface area contributed by atoms with Crippen molar-refractivity contribution < 1.29 is 31.1 Å². The van der Waals surface area contributed by atoms with Gasteiger partial charge in [0.15, 0.2) is 5.78 Å². The van der Waals surface area contributed by atoms with Gasteiger partial charge in [-0.3, -0.25) is 4.79 Å². The summed E-state index contributed by atoms with van der Waals surface area (Å²) in [7, 11) is 0. The highest BCUT2D eigenvalue weighted by Gasteiger charge is 2.57. The Morgan fingerprint density at radius 3 is 1.95 bits per heavy atom. The Labute approximate surface area is 105 Å². The molecule has 0 saturated carbocycles. The number of Topliss-reactive ketones (excluding diaryl/α,β-unsaturated/α-hetero) is 1. The van der Waals surface area contributed by atoms with Gasteiger partial charge in [0.2, 0.25) is 0 Å². The van der Waals surface area contributed by atoms with Gasteiger partial charge in [-0.2, -0.15) is 22.0 Å². The Balaban J connectivity index is 3.06. The lowest BCUT2D eigenvalue weighted by molar-refractivity contribution is -0.248. The summed E-state index contributed by atoms with van der Waals surface area (Å²) in [5.74, 6) is -5.03. The average molecular weight is 284 g/mol. The van der Waals surface area contributed by atoms with Gasteiger partial charge in [0.1, 0.15) is 0 Å². The van der Waals surface area contributed by atoms with E-state index in [0.29, 0.717) is 12.1 Å². The van der Waals surface area contributed by atoms with Gasteiger partial charge in [0.05, 0.1) is 0 Å². The maximum Gasteiger partial charge on any atom is 0.426 e. The molecule has 1 nitrogen and oxygen atoms in total. The van der Waals surface area contributed by atoms with Crippen LogP contribution in [0.25, 0.3) is 0 Å². The fourth-order valence-corrected chi connectivity index (χ4v) is 1.43. The lowest BCUT2D eigenvalue weighted by atomic mass is 10.0. The standard InChI is InChI=1S/C12H10F6O/c1-2-9(19)7-3-5-8(6-4-7)11(14,15)10(13)12(16,17)18/h3-6,10H,2H2,1H3. The van der Waals surface area contributed by atoms with Crippen molar-refractivity contribution in [2.75, 3.05) is 0 Å². The highest BCUT2D eigenvalue weighted by Crippen LogP contribution is 2.41. The minimum absolute atomic E-state index is 0.0875. The number of halogens is 6. The average Bonchev–Trinajstić information content (AvgIpc) is 2.36. The number of alkyl halides is 6. The van der Waals surface area contributed by atoms with Gasteiger partial charge < -0.3 is 0 Å².